The Morgan fingerprint density at radius 3 is 2.56 bits per heavy atom. The minimum absolute atomic E-state index is 0.131. The molecule has 1 aromatic rings. The van der Waals surface area contributed by atoms with Gasteiger partial charge in [-0.15, -0.1) is 0 Å². The van der Waals surface area contributed by atoms with Crippen LogP contribution in [-0.2, 0) is 4.43 Å². The zero-order chi connectivity index (χ0) is 13.9. The zero-order valence-corrected chi connectivity index (χ0v) is 13.0. The molecule has 1 atom stereocenters. The van der Waals surface area contributed by atoms with Crippen LogP contribution in [0.25, 0.3) is 0 Å². The Morgan fingerprint density at radius 2 is 2.11 bits per heavy atom. The van der Waals surface area contributed by atoms with Gasteiger partial charge >= 0.3 is 5.97 Å². The van der Waals surface area contributed by atoms with E-state index in [1.807, 2.05) is 19.6 Å². The van der Waals surface area contributed by atoms with E-state index in [9.17, 15) is 10.1 Å². The largest absolute Gasteiger partial charge is 0.478 e. The van der Waals surface area contributed by atoms with E-state index in [-0.39, 0.29) is 5.56 Å². The van der Waals surface area contributed by atoms with Crippen molar-refractivity contribution in [2.75, 3.05) is 0 Å². The highest BCUT2D eigenvalue weighted by molar-refractivity contribution is 9.10. The standard InChI is InChI=1S/C12H14BrNO3Si/c1-18(2,3)17-10(7-14)8-5-4-6-9(11(8)13)12(15)16/h4-6,10H,1-3H3,(H,15,16). The summed E-state index contributed by atoms with van der Waals surface area (Å²) in [5, 5.41) is 18.2. The second-order valence-corrected chi connectivity index (χ2v) is 10.0. The van der Waals surface area contributed by atoms with Crippen LogP contribution >= 0.6 is 15.9 Å². The van der Waals surface area contributed by atoms with Gasteiger partial charge in [-0.1, -0.05) is 12.1 Å². The number of carbonyl (C=O) groups is 1. The maximum absolute atomic E-state index is 11.0. The Morgan fingerprint density at radius 1 is 1.50 bits per heavy atom. The van der Waals surface area contributed by atoms with E-state index in [1.165, 1.54) is 6.07 Å². The molecular weight excluding hydrogens is 314 g/mol. The molecule has 0 aliphatic rings. The van der Waals surface area contributed by atoms with Gasteiger partial charge in [0.15, 0.2) is 14.4 Å². The number of nitriles is 1. The predicted octanol–water partition coefficient (Wildman–Crippen LogP) is 3.56. The van der Waals surface area contributed by atoms with E-state index in [4.69, 9.17) is 9.53 Å². The summed E-state index contributed by atoms with van der Waals surface area (Å²) in [4.78, 5) is 11.0. The molecule has 0 heterocycles. The third-order valence-corrected chi connectivity index (χ3v) is 3.96. The monoisotopic (exact) mass is 327 g/mol. The molecule has 6 heteroatoms. The minimum atomic E-state index is -1.88. The number of carboxylic acid groups (broad SMARTS) is 1. The average Bonchev–Trinajstić information content (AvgIpc) is 2.25. The molecule has 1 N–H and O–H groups in total. The van der Waals surface area contributed by atoms with Crippen LogP contribution in [0.15, 0.2) is 22.7 Å². The van der Waals surface area contributed by atoms with Crippen LogP contribution in [0, 0.1) is 11.3 Å². The van der Waals surface area contributed by atoms with Gasteiger partial charge < -0.3 is 9.53 Å². The van der Waals surface area contributed by atoms with E-state index < -0.39 is 20.4 Å². The van der Waals surface area contributed by atoms with Crippen molar-refractivity contribution in [1.29, 1.82) is 5.26 Å². The van der Waals surface area contributed by atoms with Crippen molar-refractivity contribution >= 4 is 30.2 Å². The molecular formula is C12H14BrNO3Si. The molecule has 0 aliphatic heterocycles. The summed E-state index contributed by atoms with van der Waals surface area (Å²) in [6, 6.07) is 6.87. The van der Waals surface area contributed by atoms with Crippen molar-refractivity contribution in [3.63, 3.8) is 0 Å². The first kappa shape index (κ1) is 14.9. The third-order valence-electron chi connectivity index (χ3n) is 2.13. The molecule has 4 nitrogen and oxygen atoms in total. The summed E-state index contributed by atoms with van der Waals surface area (Å²) in [6.07, 6.45) is -0.745. The highest BCUT2D eigenvalue weighted by atomic mass is 79.9. The molecule has 18 heavy (non-hydrogen) atoms. The van der Waals surface area contributed by atoms with Crippen LogP contribution in [0.2, 0.25) is 19.6 Å². The van der Waals surface area contributed by atoms with E-state index in [2.05, 4.69) is 22.0 Å². The fraction of sp³-hybridized carbons (Fsp3) is 0.333. The van der Waals surface area contributed by atoms with Crippen LogP contribution in [0.3, 0.4) is 0 Å². The Kier molecular flexibility index (Phi) is 4.68. The molecule has 1 aromatic carbocycles. The van der Waals surface area contributed by atoms with Gasteiger partial charge in [0, 0.05) is 10.0 Å². The third kappa shape index (κ3) is 3.67. The second kappa shape index (κ2) is 5.65. The number of aromatic carboxylic acids is 1. The highest BCUT2D eigenvalue weighted by Gasteiger charge is 2.25. The molecule has 0 amide bonds. The molecule has 96 valence electrons. The van der Waals surface area contributed by atoms with Gasteiger partial charge in [-0.3, -0.25) is 0 Å². The van der Waals surface area contributed by atoms with E-state index in [1.54, 1.807) is 12.1 Å². The summed E-state index contributed by atoms with van der Waals surface area (Å²) in [7, 11) is -1.88. The summed E-state index contributed by atoms with van der Waals surface area (Å²) in [5.41, 5.74) is 0.687. The smallest absolute Gasteiger partial charge is 0.336 e. The number of hydrogen-bond donors (Lipinski definition) is 1. The topological polar surface area (TPSA) is 70.3 Å². The molecule has 1 rings (SSSR count). The number of benzene rings is 1. The van der Waals surface area contributed by atoms with Gasteiger partial charge in [-0.2, -0.15) is 5.26 Å². The molecule has 1 unspecified atom stereocenters. The van der Waals surface area contributed by atoms with Crippen molar-refractivity contribution in [2.45, 2.75) is 25.7 Å². The van der Waals surface area contributed by atoms with Gasteiger partial charge in [-0.25, -0.2) is 4.79 Å². The minimum Gasteiger partial charge on any atom is -0.478 e. The quantitative estimate of drug-likeness (QED) is 0.858. The van der Waals surface area contributed by atoms with Crippen LogP contribution < -0.4 is 0 Å². The molecule has 0 saturated heterocycles. The van der Waals surface area contributed by atoms with E-state index in [0.29, 0.717) is 10.0 Å². The summed E-state index contributed by atoms with van der Waals surface area (Å²) in [6.45, 7) is 5.94. The van der Waals surface area contributed by atoms with Gasteiger partial charge in [0.1, 0.15) is 0 Å². The second-order valence-electron chi connectivity index (χ2n) is 4.75. The molecule has 0 aromatic heterocycles. The highest BCUT2D eigenvalue weighted by Crippen LogP contribution is 2.30. The normalized spacial score (nSPS) is 12.8. The number of halogens is 1. The molecule has 0 aliphatic carbocycles. The van der Waals surface area contributed by atoms with Crippen molar-refractivity contribution in [3.05, 3.63) is 33.8 Å². The predicted molar refractivity (Wildman–Crippen MR) is 73.9 cm³/mol. The van der Waals surface area contributed by atoms with Crippen LogP contribution in [-0.4, -0.2) is 19.4 Å². The van der Waals surface area contributed by atoms with Crippen LogP contribution in [0.5, 0.6) is 0 Å². The first-order valence-electron chi connectivity index (χ1n) is 5.35. The zero-order valence-electron chi connectivity index (χ0n) is 10.4. The SMILES string of the molecule is C[Si](C)(C)OC(C#N)c1cccc(C(=O)O)c1Br. The van der Waals surface area contributed by atoms with Gasteiger partial charge in [0.05, 0.1) is 11.6 Å². The Labute approximate surface area is 115 Å². The van der Waals surface area contributed by atoms with Gasteiger partial charge in [0.25, 0.3) is 0 Å². The Hall–Kier alpha value is -1.16. The van der Waals surface area contributed by atoms with Crippen molar-refractivity contribution in [2.24, 2.45) is 0 Å². The van der Waals surface area contributed by atoms with Gasteiger partial charge in [-0.05, 0) is 41.6 Å². The summed E-state index contributed by atoms with van der Waals surface area (Å²) >= 11 is 3.23. The average molecular weight is 328 g/mol. The number of rotatable bonds is 4. The van der Waals surface area contributed by atoms with Crippen LogP contribution in [0.4, 0.5) is 0 Å². The fourth-order valence-electron chi connectivity index (χ4n) is 1.43. The molecule has 0 radical (unpaired) electrons. The van der Waals surface area contributed by atoms with E-state index >= 15 is 0 Å². The summed E-state index contributed by atoms with van der Waals surface area (Å²) in [5.74, 6) is -1.03. The molecule has 0 spiro atoms. The number of hydrogen-bond acceptors (Lipinski definition) is 3. The van der Waals surface area contributed by atoms with Crippen molar-refractivity contribution < 1.29 is 14.3 Å². The lowest BCUT2D eigenvalue weighted by Gasteiger charge is -2.22. The lowest BCUT2D eigenvalue weighted by Crippen LogP contribution is -2.27. The van der Waals surface area contributed by atoms with Crippen LogP contribution in [0.1, 0.15) is 22.0 Å². The Bertz CT molecular complexity index is 505. The van der Waals surface area contributed by atoms with Crippen molar-refractivity contribution in [3.8, 4) is 6.07 Å². The van der Waals surface area contributed by atoms with Crippen molar-refractivity contribution in [1.82, 2.24) is 0 Å². The molecule has 0 saturated carbocycles. The van der Waals surface area contributed by atoms with E-state index in [0.717, 1.165) is 0 Å². The lowest BCUT2D eigenvalue weighted by atomic mass is 10.1. The first-order chi connectivity index (χ1) is 8.26. The number of nitrogens with zero attached hydrogens (tertiary/aromatic N) is 1. The summed E-state index contributed by atoms with van der Waals surface area (Å²) < 4.78 is 6.15. The molecule has 0 fully saturated rings. The Balaban J connectivity index is 3.20. The first-order valence-corrected chi connectivity index (χ1v) is 9.55. The maximum Gasteiger partial charge on any atom is 0.336 e. The molecule has 0 bridgehead atoms. The lowest BCUT2D eigenvalue weighted by molar-refractivity contribution is 0.0695. The van der Waals surface area contributed by atoms with Gasteiger partial charge in [0.2, 0.25) is 0 Å². The number of carboxylic acids is 1. The fourth-order valence-corrected chi connectivity index (χ4v) is 2.96. The maximum atomic E-state index is 11.0.